The molecule has 0 N–H and O–H groups in total. The van der Waals surface area contributed by atoms with Crippen LogP contribution in [0.4, 0.5) is 0 Å². The third-order valence-electron chi connectivity index (χ3n) is 4.14. The summed E-state index contributed by atoms with van der Waals surface area (Å²) in [6.07, 6.45) is 0.717. The van der Waals surface area contributed by atoms with Gasteiger partial charge in [0.1, 0.15) is 0 Å². The lowest BCUT2D eigenvalue weighted by Crippen LogP contribution is -2.42. The molecule has 24 heavy (non-hydrogen) atoms. The van der Waals surface area contributed by atoms with Crippen LogP contribution in [0.3, 0.4) is 0 Å². The van der Waals surface area contributed by atoms with Gasteiger partial charge in [-0.15, -0.1) is 0 Å². The Morgan fingerprint density at radius 3 is 2.25 bits per heavy atom. The Labute approximate surface area is 147 Å². The highest BCUT2D eigenvalue weighted by molar-refractivity contribution is 6.30. The van der Waals surface area contributed by atoms with Crippen molar-refractivity contribution in [2.75, 3.05) is 39.8 Å². The molecule has 1 aliphatic heterocycles. The van der Waals surface area contributed by atoms with Crippen molar-refractivity contribution < 1.29 is 14.4 Å². The van der Waals surface area contributed by atoms with Gasteiger partial charge in [-0.3, -0.25) is 14.4 Å². The third kappa shape index (κ3) is 4.71. The van der Waals surface area contributed by atoms with Crippen LogP contribution in [0, 0.1) is 0 Å². The largest absolute Gasteiger partial charge is 0.339 e. The van der Waals surface area contributed by atoms with Crippen LogP contribution in [0.5, 0.6) is 0 Å². The number of hydrogen-bond donors (Lipinski definition) is 0. The zero-order valence-electron chi connectivity index (χ0n) is 14.0. The number of hydrogen-bond acceptors (Lipinski definition) is 3. The molecule has 3 amide bonds. The Morgan fingerprint density at radius 2 is 1.62 bits per heavy atom. The summed E-state index contributed by atoms with van der Waals surface area (Å²) in [5.41, 5.74) is 0.593. The van der Waals surface area contributed by atoms with E-state index in [9.17, 15) is 14.4 Å². The van der Waals surface area contributed by atoms with Crippen molar-refractivity contribution in [2.45, 2.75) is 13.3 Å². The van der Waals surface area contributed by atoms with Gasteiger partial charge in [0, 0.05) is 50.7 Å². The first kappa shape index (κ1) is 18.3. The number of rotatable bonds is 3. The molecule has 0 saturated carbocycles. The molecule has 1 fully saturated rings. The molecular formula is C17H22ClN3O3. The van der Waals surface area contributed by atoms with Crippen LogP contribution < -0.4 is 0 Å². The van der Waals surface area contributed by atoms with Gasteiger partial charge in [-0.2, -0.15) is 0 Å². The molecule has 1 aromatic carbocycles. The molecule has 1 aromatic rings. The van der Waals surface area contributed by atoms with E-state index in [-0.39, 0.29) is 24.3 Å². The highest BCUT2D eigenvalue weighted by Gasteiger charge is 2.23. The van der Waals surface area contributed by atoms with Gasteiger partial charge < -0.3 is 14.7 Å². The van der Waals surface area contributed by atoms with Gasteiger partial charge in [0.15, 0.2) is 0 Å². The molecule has 0 radical (unpaired) electrons. The van der Waals surface area contributed by atoms with E-state index in [1.807, 2.05) is 0 Å². The van der Waals surface area contributed by atoms with Crippen molar-refractivity contribution >= 4 is 29.3 Å². The SMILES string of the molecule is CC(=O)N(C)CC(=O)N1CCCN(C(=O)c2ccc(Cl)cc2)CC1. The number of carbonyl (C=O) groups is 3. The molecule has 0 bridgehead atoms. The maximum absolute atomic E-state index is 12.5. The van der Waals surface area contributed by atoms with Gasteiger partial charge in [0.05, 0.1) is 6.54 Å². The highest BCUT2D eigenvalue weighted by Crippen LogP contribution is 2.13. The summed E-state index contributed by atoms with van der Waals surface area (Å²) < 4.78 is 0. The highest BCUT2D eigenvalue weighted by atomic mass is 35.5. The van der Waals surface area contributed by atoms with Crippen LogP contribution in [-0.4, -0.2) is 72.2 Å². The zero-order chi connectivity index (χ0) is 17.7. The van der Waals surface area contributed by atoms with Crippen molar-refractivity contribution in [3.63, 3.8) is 0 Å². The summed E-state index contributed by atoms with van der Waals surface area (Å²) in [7, 11) is 1.61. The molecule has 1 heterocycles. The number of amides is 3. The van der Waals surface area contributed by atoms with E-state index in [1.54, 1.807) is 41.1 Å². The van der Waals surface area contributed by atoms with Crippen molar-refractivity contribution in [2.24, 2.45) is 0 Å². The summed E-state index contributed by atoms with van der Waals surface area (Å²) in [5, 5.41) is 0.591. The minimum Gasteiger partial charge on any atom is -0.339 e. The first-order valence-corrected chi connectivity index (χ1v) is 8.30. The Morgan fingerprint density at radius 1 is 1.04 bits per heavy atom. The molecule has 130 valence electrons. The molecule has 0 aliphatic carbocycles. The van der Waals surface area contributed by atoms with Crippen LogP contribution in [-0.2, 0) is 9.59 Å². The van der Waals surface area contributed by atoms with Crippen LogP contribution in [0.1, 0.15) is 23.7 Å². The van der Waals surface area contributed by atoms with Crippen LogP contribution in [0.25, 0.3) is 0 Å². The van der Waals surface area contributed by atoms with E-state index in [1.165, 1.54) is 11.8 Å². The van der Waals surface area contributed by atoms with Crippen molar-refractivity contribution in [3.8, 4) is 0 Å². The molecule has 0 spiro atoms. The average Bonchev–Trinajstić information content (AvgIpc) is 2.80. The summed E-state index contributed by atoms with van der Waals surface area (Å²) >= 11 is 5.85. The molecule has 7 heteroatoms. The van der Waals surface area contributed by atoms with Crippen LogP contribution >= 0.6 is 11.6 Å². The van der Waals surface area contributed by atoms with E-state index in [0.717, 1.165) is 6.42 Å². The van der Waals surface area contributed by atoms with Gasteiger partial charge in [-0.1, -0.05) is 11.6 Å². The number of nitrogens with zero attached hydrogens (tertiary/aromatic N) is 3. The summed E-state index contributed by atoms with van der Waals surface area (Å²) in [5.74, 6) is -0.284. The second-order valence-electron chi connectivity index (χ2n) is 5.91. The van der Waals surface area contributed by atoms with E-state index in [2.05, 4.69) is 0 Å². The van der Waals surface area contributed by atoms with Gasteiger partial charge in [0.25, 0.3) is 5.91 Å². The number of carbonyl (C=O) groups excluding carboxylic acids is 3. The Balaban J connectivity index is 1.94. The molecule has 2 rings (SSSR count). The summed E-state index contributed by atoms with van der Waals surface area (Å²) in [6.45, 7) is 3.66. The number of benzene rings is 1. The lowest BCUT2D eigenvalue weighted by Gasteiger charge is -2.24. The maximum atomic E-state index is 12.5. The fraction of sp³-hybridized carbons (Fsp3) is 0.471. The average molecular weight is 352 g/mol. The topological polar surface area (TPSA) is 60.9 Å². The molecule has 1 aliphatic rings. The van der Waals surface area contributed by atoms with E-state index in [0.29, 0.717) is 36.8 Å². The smallest absolute Gasteiger partial charge is 0.253 e. The minimum absolute atomic E-state index is 0.0539. The van der Waals surface area contributed by atoms with Crippen molar-refractivity contribution in [3.05, 3.63) is 34.9 Å². The molecule has 6 nitrogen and oxygen atoms in total. The number of halogens is 1. The fourth-order valence-electron chi connectivity index (χ4n) is 2.56. The first-order valence-electron chi connectivity index (χ1n) is 7.93. The summed E-state index contributed by atoms with van der Waals surface area (Å²) in [4.78, 5) is 40.9. The first-order chi connectivity index (χ1) is 11.4. The second-order valence-corrected chi connectivity index (χ2v) is 6.34. The monoisotopic (exact) mass is 351 g/mol. The third-order valence-corrected chi connectivity index (χ3v) is 4.39. The molecule has 0 aromatic heterocycles. The van der Waals surface area contributed by atoms with E-state index < -0.39 is 0 Å². The maximum Gasteiger partial charge on any atom is 0.253 e. The zero-order valence-corrected chi connectivity index (χ0v) is 14.8. The van der Waals surface area contributed by atoms with Crippen LogP contribution in [0.2, 0.25) is 5.02 Å². The van der Waals surface area contributed by atoms with E-state index in [4.69, 9.17) is 11.6 Å². The van der Waals surface area contributed by atoms with Crippen molar-refractivity contribution in [1.29, 1.82) is 0 Å². The normalized spacial score (nSPS) is 15.0. The Hall–Kier alpha value is -2.08. The molecule has 0 unspecified atom stereocenters. The van der Waals surface area contributed by atoms with Gasteiger partial charge in [-0.25, -0.2) is 0 Å². The predicted molar refractivity (Wildman–Crippen MR) is 91.9 cm³/mol. The lowest BCUT2D eigenvalue weighted by molar-refractivity contribution is -0.138. The lowest BCUT2D eigenvalue weighted by atomic mass is 10.2. The summed E-state index contributed by atoms with van der Waals surface area (Å²) in [6, 6.07) is 6.81. The van der Waals surface area contributed by atoms with Gasteiger partial charge >= 0.3 is 0 Å². The predicted octanol–water partition coefficient (Wildman–Crippen LogP) is 1.49. The Kier molecular flexibility index (Phi) is 6.20. The van der Waals surface area contributed by atoms with Crippen LogP contribution in [0.15, 0.2) is 24.3 Å². The molecule has 0 atom stereocenters. The van der Waals surface area contributed by atoms with Crippen molar-refractivity contribution in [1.82, 2.24) is 14.7 Å². The fourth-order valence-corrected chi connectivity index (χ4v) is 2.69. The molecular weight excluding hydrogens is 330 g/mol. The minimum atomic E-state index is -0.141. The van der Waals surface area contributed by atoms with E-state index >= 15 is 0 Å². The standard InChI is InChI=1S/C17H22ClN3O3/c1-13(22)19(2)12-16(23)20-8-3-9-21(11-10-20)17(24)14-4-6-15(18)7-5-14/h4-7H,3,8-12H2,1-2H3. The number of likely N-dealkylation sites (N-methyl/N-ethyl adjacent to an activating group) is 1. The van der Waals surface area contributed by atoms with Gasteiger partial charge in [0.2, 0.25) is 11.8 Å². The Bertz CT molecular complexity index is 618. The van der Waals surface area contributed by atoms with Gasteiger partial charge in [-0.05, 0) is 30.7 Å². The molecule has 1 saturated heterocycles. The quantitative estimate of drug-likeness (QED) is 0.829. The second kappa shape index (κ2) is 8.15.